The van der Waals surface area contributed by atoms with Crippen LogP contribution in [0.5, 0.6) is 0 Å². The Morgan fingerprint density at radius 2 is 2.19 bits per heavy atom. The van der Waals surface area contributed by atoms with Crippen LogP contribution in [0.25, 0.3) is 0 Å². The van der Waals surface area contributed by atoms with Crippen LogP contribution in [0.2, 0.25) is 0 Å². The minimum Gasteiger partial charge on any atom is -0.380 e. The van der Waals surface area contributed by atoms with Crippen molar-refractivity contribution in [2.45, 2.75) is 6.92 Å². The van der Waals surface area contributed by atoms with Crippen molar-refractivity contribution in [2.75, 3.05) is 31.6 Å². The van der Waals surface area contributed by atoms with Crippen molar-refractivity contribution in [1.82, 2.24) is 10.3 Å². The predicted molar refractivity (Wildman–Crippen MR) is 86.3 cm³/mol. The number of anilines is 1. The molecule has 0 aliphatic carbocycles. The molecule has 5 nitrogen and oxygen atoms in total. The van der Waals surface area contributed by atoms with Crippen LogP contribution < -0.4 is 10.6 Å². The van der Waals surface area contributed by atoms with Crippen molar-refractivity contribution in [3.63, 3.8) is 0 Å². The van der Waals surface area contributed by atoms with Gasteiger partial charge >= 0.3 is 0 Å². The summed E-state index contributed by atoms with van der Waals surface area (Å²) in [6.07, 6.45) is 1.73. The summed E-state index contributed by atoms with van der Waals surface area (Å²) in [5.41, 5.74) is 1.63. The lowest BCUT2D eigenvalue weighted by Gasteiger charge is -2.32. The Bertz CT molecular complexity index is 487. The average Bonchev–Trinajstić information content (AvgIpc) is 2.89. The first-order valence-corrected chi connectivity index (χ1v) is 6.76. The third-order valence-corrected chi connectivity index (χ3v) is 4.14. The summed E-state index contributed by atoms with van der Waals surface area (Å²) in [7, 11) is 0. The number of carbonyl (C=O) groups is 1. The highest BCUT2D eigenvalue weighted by molar-refractivity contribution is 5.93. The van der Waals surface area contributed by atoms with Crippen molar-refractivity contribution in [3.05, 3.63) is 24.0 Å². The van der Waals surface area contributed by atoms with Gasteiger partial charge in [0.1, 0.15) is 0 Å². The summed E-state index contributed by atoms with van der Waals surface area (Å²) in [6.45, 7) is 5.06. The topological polar surface area (TPSA) is 63.2 Å². The minimum absolute atomic E-state index is 0. The van der Waals surface area contributed by atoms with Crippen LogP contribution in [0.4, 0.5) is 5.69 Å². The van der Waals surface area contributed by atoms with Crippen LogP contribution >= 0.6 is 24.8 Å². The van der Waals surface area contributed by atoms with Crippen LogP contribution in [-0.4, -0.2) is 37.2 Å². The number of amides is 1. The van der Waals surface area contributed by atoms with Gasteiger partial charge in [-0.1, -0.05) is 0 Å². The number of hydrogen-bond donors (Lipinski definition) is 2. The number of rotatable bonds is 2. The first-order chi connectivity index (χ1) is 9.25. The van der Waals surface area contributed by atoms with Gasteiger partial charge < -0.3 is 15.4 Å². The van der Waals surface area contributed by atoms with E-state index in [1.54, 1.807) is 6.20 Å². The molecule has 2 aliphatic rings. The molecule has 0 saturated carbocycles. The molecule has 2 saturated heterocycles. The summed E-state index contributed by atoms with van der Waals surface area (Å²) >= 11 is 0. The van der Waals surface area contributed by atoms with Crippen molar-refractivity contribution < 1.29 is 9.53 Å². The first-order valence-electron chi connectivity index (χ1n) is 6.76. The summed E-state index contributed by atoms with van der Waals surface area (Å²) < 4.78 is 5.57. The second kappa shape index (κ2) is 7.94. The fourth-order valence-electron chi connectivity index (χ4n) is 2.99. The number of fused-ring (bicyclic) bond motifs is 1. The van der Waals surface area contributed by atoms with Crippen LogP contribution in [0.1, 0.15) is 5.69 Å². The number of nitrogens with zero attached hydrogens (tertiary/aromatic N) is 1. The maximum atomic E-state index is 12.4. The Hall–Kier alpha value is -0.880. The zero-order valence-corrected chi connectivity index (χ0v) is 13.5. The third kappa shape index (κ3) is 3.86. The third-order valence-electron chi connectivity index (χ3n) is 4.14. The van der Waals surface area contributed by atoms with E-state index in [1.165, 1.54) is 0 Å². The van der Waals surface area contributed by atoms with E-state index in [2.05, 4.69) is 15.6 Å². The first kappa shape index (κ1) is 18.2. The number of aryl methyl sites for hydroxylation is 1. The van der Waals surface area contributed by atoms with Gasteiger partial charge in [-0.05, 0) is 37.4 Å². The van der Waals surface area contributed by atoms with Gasteiger partial charge in [-0.3, -0.25) is 9.78 Å². The van der Waals surface area contributed by atoms with Crippen LogP contribution in [-0.2, 0) is 9.53 Å². The molecule has 1 aromatic rings. The van der Waals surface area contributed by atoms with Gasteiger partial charge in [0.15, 0.2) is 0 Å². The van der Waals surface area contributed by atoms with Crippen molar-refractivity contribution >= 4 is 36.4 Å². The molecular formula is C14H21Cl2N3O2. The Kier molecular flexibility index (Phi) is 6.87. The Morgan fingerprint density at radius 3 is 2.95 bits per heavy atom. The molecule has 0 spiro atoms. The van der Waals surface area contributed by atoms with Gasteiger partial charge in [-0.25, -0.2) is 0 Å². The lowest BCUT2D eigenvalue weighted by atomic mass is 9.82. The molecule has 3 heterocycles. The molecular weight excluding hydrogens is 313 g/mol. The minimum atomic E-state index is -0.0617. The maximum absolute atomic E-state index is 12.4. The van der Waals surface area contributed by atoms with E-state index in [1.807, 2.05) is 19.1 Å². The predicted octanol–water partition coefficient (Wildman–Crippen LogP) is 1.65. The van der Waals surface area contributed by atoms with Gasteiger partial charge in [0.2, 0.25) is 5.91 Å². The SMILES string of the molecule is Cc1ncccc1NC(=O)[C@H]1COC[C@H]2CNC[C@H]21.Cl.Cl. The molecule has 2 N–H and O–H groups in total. The molecule has 1 amide bonds. The van der Waals surface area contributed by atoms with Gasteiger partial charge in [0.05, 0.1) is 30.5 Å². The smallest absolute Gasteiger partial charge is 0.230 e. The molecule has 0 radical (unpaired) electrons. The number of pyridine rings is 1. The highest BCUT2D eigenvalue weighted by Gasteiger charge is 2.40. The summed E-state index contributed by atoms with van der Waals surface area (Å²) in [4.78, 5) is 16.6. The largest absolute Gasteiger partial charge is 0.380 e. The molecule has 0 unspecified atom stereocenters. The fourth-order valence-corrected chi connectivity index (χ4v) is 2.99. The number of nitrogens with one attached hydrogen (secondary N) is 2. The summed E-state index contributed by atoms with van der Waals surface area (Å²) in [6, 6.07) is 3.72. The molecule has 0 aromatic carbocycles. The van der Waals surface area contributed by atoms with E-state index in [0.29, 0.717) is 18.4 Å². The van der Waals surface area contributed by atoms with Crippen LogP contribution in [0.15, 0.2) is 18.3 Å². The van der Waals surface area contributed by atoms with Crippen molar-refractivity contribution in [3.8, 4) is 0 Å². The van der Waals surface area contributed by atoms with E-state index in [-0.39, 0.29) is 36.6 Å². The Balaban J connectivity index is 0.00000110. The van der Waals surface area contributed by atoms with E-state index >= 15 is 0 Å². The van der Waals surface area contributed by atoms with Gasteiger partial charge in [-0.15, -0.1) is 24.8 Å². The van der Waals surface area contributed by atoms with Gasteiger partial charge in [0.25, 0.3) is 0 Å². The van der Waals surface area contributed by atoms with E-state index < -0.39 is 0 Å². The normalized spacial score (nSPS) is 27.0. The van der Waals surface area contributed by atoms with Crippen molar-refractivity contribution in [2.24, 2.45) is 17.8 Å². The number of aromatic nitrogens is 1. The Labute approximate surface area is 137 Å². The standard InChI is InChI=1S/C14H19N3O2.2ClH/c1-9-13(3-2-4-16-9)17-14(18)12-8-19-7-10-5-15-6-11(10)12;;/h2-4,10-12,15H,5-8H2,1H3,(H,17,18);2*1H/t10-,11-,12+;;/m1../s1. The monoisotopic (exact) mass is 333 g/mol. The molecule has 3 rings (SSSR count). The van der Waals surface area contributed by atoms with Crippen LogP contribution in [0, 0.1) is 24.7 Å². The second-order valence-corrected chi connectivity index (χ2v) is 5.35. The van der Waals surface area contributed by atoms with Crippen molar-refractivity contribution in [1.29, 1.82) is 0 Å². The Morgan fingerprint density at radius 1 is 1.38 bits per heavy atom. The molecule has 0 bridgehead atoms. The highest BCUT2D eigenvalue weighted by atomic mass is 35.5. The number of ether oxygens (including phenoxy) is 1. The summed E-state index contributed by atoms with van der Waals surface area (Å²) in [5.74, 6) is 0.855. The second-order valence-electron chi connectivity index (χ2n) is 5.35. The van der Waals surface area contributed by atoms with E-state index in [4.69, 9.17) is 4.74 Å². The van der Waals surface area contributed by atoms with Gasteiger partial charge in [0, 0.05) is 12.7 Å². The highest BCUT2D eigenvalue weighted by Crippen LogP contribution is 2.31. The maximum Gasteiger partial charge on any atom is 0.230 e. The average molecular weight is 334 g/mol. The van der Waals surface area contributed by atoms with E-state index in [9.17, 15) is 4.79 Å². The molecule has 2 fully saturated rings. The summed E-state index contributed by atoms with van der Waals surface area (Å²) in [5, 5.41) is 6.34. The quantitative estimate of drug-likeness (QED) is 0.863. The molecule has 1 aromatic heterocycles. The zero-order valence-electron chi connectivity index (χ0n) is 11.9. The molecule has 21 heavy (non-hydrogen) atoms. The van der Waals surface area contributed by atoms with Gasteiger partial charge in [-0.2, -0.15) is 0 Å². The fraction of sp³-hybridized carbons (Fsp3) is 0.571. The molecule has 7 heteroatoms. The number of halogens is 2. The number of carbonyl (C=O) groups excluding carboxylic acids is 1. The lowest BCUT2D eigenvalue weighted by Crippen LogP contribution is -2.42. The molecule has 118 valence electrons. The van der Waals surface area contributed by atoms with E-state index in [0.717, 1.165) is 31.1 Å². The van der Waals surface area contributed by atoms with Crippen LogP contribution in [0.3, 0.4) is 0 Å². The molecule has 3 atom stereocenters. The number of hydrogen-bond acceptors (Lipinski definition) is 4. The zero-order chi connectivity index (χ0) is 13.2. The molecule has 2 aliphatic heterocycles. The lowest BCUT2D eigenvalue weighted by molar-refractivity contribution is -0.128.